The Balaban J connectivity index is 1.43. The zero-order chi connectivity index (χ0) is 16.1. The first-order valence-corrected chi connectivity index (χ1v) is 8.36. The molecule has 0 aromatic carbocycles. The second-order valence-electron chi connectivity index (χ2n) is 5.21. The second-order valence-corrected chi connectivity index (χ2v) is 6.16. The highest BCUT2D eigenvalue weighted by atomic mass is 32.1. The molecule has 0 spiro atoms. The van der Waals surface area contributed by atoms with Crippen LogP contribution in [0.1, 0.15) is 25.7 Å². The molecule has 3 rings (SSSR count). The van der Waals surface area contributed by atoms with Crippen molar-refractivity contribution in [3.05, 3.63) is 23.4 Å². The van der Waals surface area contributed by atoms with Crippen molar-refractivity contribution >= 4 is 17.3 Å². The Kier molecular flexibility index (Phi) is 5.37. The molecule has 7 nitrogen and oxygen atoms in total. The quantitative estimate of drug-likeness (QED) is 0.717. The lowest BCUT2D eigenvalue weighted by Crippen LogP contribution is -2.27. The average Bonchev–Trinajstić information content (AvgIpc) is 3.32. The zero-order valence-electron chi connectivity index (χ0n) is 12.8. The molecule has 1 saturated heterocycles. The van der Waals surface area contributed by atoms with Crippen LogP contribution >= 0.6 is 11.3 Å². The van der Waals surface area contributed by atoms with Crippen LogP contribution in [0, 0.1) is 0 Å². The number of rotatable bonds is 7. The maximum atomic E-state index is 11.9. The van der Waals surface area contributed by atoms with Gasteiger partial charge in [-0.3, -0.25) is 0 Å². The number of aromatic nitrogens is 2. The topological polar surface area (TPSA) is 83.7 Å². The molecule has 0 N–H and O–H groups in total. The standard InChI is InChI=1S/C15H18N2O5S/c1-10(20-8-11-4-2-6-19-11)15(18)21-9-13-16-14(17-22-13)12-5-3-7-23-12/h3,5,7,10-11H,2,4,6,8-9H2,1H3. The van der Waals surface area contributed by atoms with Crippen LogP contribution in [0.4, 0.5) is 0 Å². The summed E-state index contributed by atoms with van der Waals surface area (Å²) in [6, 6.07) is 3.80. The molecule has 124 valence electrons. The molecular weight excluding hydrogens is 320 g/mol. The smallest absolute Gasteiger partial charge is 0.335 e. The lowest BCUT2D eigenvalue weighted by Gasteiger charge is -2.14. The van der Waals surface area contributed by atoms with Crippen LogP contribution in [0.3, 0.4) is 0 Å². The molecule has 0 radical (unpaired) electrons. The number of carbonyl (C=O) groups is 1. The van der Waals surface area contributed by atoms with Crippen LogP contribution in [0.25, 0.3) is 10.7 Å². The molecule has 2 aromatic rings. The molecule has 0 bridgehead atoms. The molecule has 8 heteroatoms. The summed E-state index contributed by atoms with van der Waals surface area (Å²) >= 11 is 1.51. The van der Waals surface area contributed by atoms with Crippen molar-refractivity contribution in [1.82, 2.24) is 10.1 Å². The molecule has 2 atom stereocenters. The summed E-state index contributed by atoms with van der Waals surface area (Å²) in [5.74, 6) is 0.292. The van der Waals surface area contributed by atoms with Gasteiger partial charge in [0.1, 0.15) is 0 Å². The first-order chi connectivity index (χ1) is 11.2. The van der Waals surface area contributed by atoms with Crippen molar-refractivity contribution in [3.8, 4) is 10.7 Å². The number of nitrogens with zero attached hydrogens (tertiary/aromatic N) is 2. The minimum Gasteiger partial charge on any atom is -0.454 e. The largest absolute Gasteiger partial charge is 0.454 e. The van der Waals surface area contributed by atoms with E-state index in [0.717, 1.165) is 24.3 Å². The fourth-order valence-electron chi connectivity index (χ4n) is 2.17. The van der Waals surface area contributed by atoms with Crippen molar-refractivity contribution in [2.75, 3.05) is 13.2 Å². The number of esters is 1. The molecular formula is C15H18N2O5S. The Morgan fingerprint density at radius 2 is 2.48 bits per heavy atom. The van der Waals surface area contributed by atoms with E-state index in [1.165, 1.54) is 11.3 Å². The highest BCUT2D eigenvalue weighted by molar-refractivity contribution is 7.13. The summed E-state index contributed by atoms with van der Waals surface area (Å²) in [7, 11) is 0. The van der Waals surface area contributed by atoms with Crippen LogP contribution in [-0.4, -0.2) is 41.5 Å². The molecule has 2 aromatic heterocycles. The number of carbonyl (C=O) groups excluding carboxylic acids is 1. The van der Waals surface area contributed by atoms with Gasteiger partial charge in [0.15, 0.2) is 12.7 Å². The van der Waals surface area contributed by atoms with E-state index in [1.807, 2.05) is 17.5 Å². The molecule has 1 aliphatic rings. The molecule has 0 saturated carbocycles. The number of thiophene rings is 1. The third-order valence-corrected chi connectivity index (χ3v) is 4.30. The first-order valence-electron chi connectivity index (χ1n) is 7.48. The van der Waals surface area contributed by atoms with Gasteiger partial charge in [0.25, 0.3) is 5.89 Å². The number of ether oxygens (including phenoxy) is 3. The van der Waals surface area contributed by atoms with Crippen LogP contribution in [0.2, 0.25) is 0 Å². The zero-order valence-corrected chi connectivity index (χ0v) is 13.6. The van der Waals surface area contributed by atoms with E-state index in [9.17, 15) is 4.79 Å². The summed E-state index contributed by atoms with van der Waals surface area (Å²) in [5.41, 5.74) is 0. The van der Waals surface area contributed by atoms with Gasteiger partial charge >= 0.3 is 5.97 Å². The predicted molar refractivity (Wildman–Crippen MR) is 81.8 cm³/mol. The molecule has 23 heavy (non-hydrogen) atoms. The van der Waals surface area contributed by atoms with Crippen LogP contribution in [-0.2, 0) is 25.6 Å². The fourth-order valence-corrected chi connectivity index (χ4v) is 2.81. The Morgan fingerprint density at radius 1 is 1.57 bits per heavy atom. The summed E-state index contributed by atoms with van der Waals surface area (Å²) in [6.07, 6.45) is 1.43. The highest BCUT2D eigenvalue weighted by Gasteiger charge is 2.21. The minimum atomic E-state index is -0.654. The van der Waals surface area contributed by atoms with Gasteiger partial charge < -0.3 is 18.7 Å². The summed E-state index contributed by atoms with van der Waals surface area (Å²) < 4.78 is 21.1. The van der Waals surface area contributed by atoms with Gasteiger partial charge in [-0.15, -0.1) is 11.3 Å². The molecule has 1 fully saturated rings. The van der Waals surface area contributed by atoms with Gasteiger partial charge in [-0.1, -0.05) is 11.2 Å². The molecule has 1 aliphatic heterocycles. The fraction of sp³-hybridized carbons (Fsp3) is 0.533. The first kappa shape index (κ1) is 16.1. The third-order valence-electron chi connectivity index (χ3n) is 3.44. The van der Waals surface area contributed by atoms with Crippen LogP contribution in [0.15, 0.2) is 22.0 Å². The van der Waals surface area contributed by atoms with E-state index >= 15 is 0 Å². The van der Waals surface area contributed by atoms with E-state index in [4.69, 9.17) is 18.7 Å². The van der Waals surface area contributed by atoms with Crippen molar-refractivity contribution in [2.24, 2.45) is 0 Å². The summed E-state index contributed by atoms with van der Waals surface area (Å²) in [4.78, 5) is 17.0. The van der Waals surface area contributed by atoms with Gasteiger partial charge in [-0.05, 0) is 31.2 Å². The van der Waals surface area contributed by atoms with Crippen molar-refractivity contribution < 1.29 is 23.5 Å². The summed E-state index contributed by atoms with van der Waals surface area (Å²) in [5, 5.41) is 5.78. The molecule has 0 amide bonds. The van der Waals surface area contributed by atoms with Crippen molar-refractivity contribution in [3.63, 3.8) is 0 Å². The van der Waals surface area contributed by atoms with Gasteiger partial charge in [-0.2, -0.15) is 4.98 Å². The van der Waals surface area contributed by atoms with E-state index in [1.54, 1.807) is 6.92 Å². The second kappa shape index (κ2) is 7.67. The maximum absolute atomic E-state index is 11.9. The van der Waals surface area contributed by atoms with Crippen molar-refractivity contribution in [1.29, 1.82) is 0 Å². The molecule has 2 unspecified atom stereocenters. The van der Waals surface area contributed by atoms with Gasteiger partial charge in [0, 0.05) is 6.61 Å². The van der Waals surface area contributed by atoms with Gasteiger partial charge in [-0.25, -0.2) is 4.79 Å². The van der Waals surface area contributed by atoms with Gasteiger partial charge in [0.05, 0.1) is 17.6 Å². The van der Waals surface area contributed by atoms with E-state index < -0.39 is 12.1 Å². The highest BCUT2D eigenvalue weighted by Crippen LogP contribution is 2.21. The Bertz CT molecular complexity index is 622. The lowest BCUT2D eigenvalue weighted by molar-refractivity contribution is -0.160. The van der Waals surface area contributed by atoms with E-state index in [0.29, 0.717) is 12.4 Å². The van der Waals surface area contributed by atoms with E-state index in [-0.39, 0.29) is 18.6 Å². The van der Waals surface area contributed by atoms with Gasteiger partial charge in [0.2, 0.25) is 5.82 Å². The Morgan fingerprint density at radius 3 is 3.22 bits per heavy atom. The molecule has 3 heterocycles. The predicted octanol–water partition coefficient (Wildman–Crippen LogP) is 2.43. The molecule has 0 aliphatic carbocycles. The Labute approximate surface area is 137 Å². The Hall–Kier alpha value is -1.77. The monoisotopic (exact) mass is 338 g/mol. The average molecular weight is 338 g/mol. The number of hydrogen-bond acceptors (Lipinski definition) is 8. The van der Waals surface area contributed by atoms with Crippen LogP contribution in [0.5, 0.6) is 0 Å². The maximum Gasteiger partial charge on any atom is 0.335 e. The SMILES string of the molecule is CC(OCC1CCCO1)C(=O)OCc1nc(-c2cccs2)no1. The lowest BCUT2D eigenvalue weighted by atomic mass is 10.2. The third kappa shape index (κ3) is 4.37. The van der Waals surface area contributed by atoms with Crippen molar-refractivity contribution in [2.45, 2.75) is 38.6 Å². The van der Waals surface area contributed by atoms with E-state index in [2.05, 4.69) is 10.1 Å². The normalized spacial score (nSPS) is 18.9. The van der Waals surface area contributed by atoms with Crippen LogP contribution < -0.4 is 0 Å². The summed E-state index contributed by atoms with van der Waals surface area (Å²) in [6.45, 7) is 2.75. The number of hydrogen-bond donors (Lipinski definition) is 0. The minimum absolute atomic E-state index is 0.0646.